The summed E-state index contributed by atoms with van der Waals surface area (Å²) in [6, 6.07) is 9.53. The lowest BCUT2D eigenvalue weighted by Gasteiger charge is -2.22. The number of fused-ring (bicyclic) bond motifs is 1. The van der Waals surface area contributed by atoms with Crippen molar-refractivity contribution >= 4 is 68.0 Å². The molecule has 172 valence electrons. The van der Waals surface area contributed by atoms with Gasteiger partial charge >= 0.3 is 0 Å². The zero-order valence-electron chi connectivity index (χ0n) is 18.3. The lowest BCUT2D eigenvalue weighted by Crippen LogP contribution is -2.32. The molecule has 0 spiro atoms. The van der Waals surface area contributed by atoms with E-state index in [1.165, 1.54) is 11.3 Å². The van der Waals surface area contributed by atoms with Crippen molar-refractivity contribution in [3.63, 3.8) is 0 Å². The molecule has 3 heterocycles. The van der Waals surface area contributed by atoms with Gasteiger partial charge in [0, 0.05) is 29.1 Å². The van der Waals surface area contributed by atoms with E-state index in [2.05, 4.69) is 57.4 Å². The molecule has 33 heavy (non-hydrogen) atoms. The van der Waals surface area contributed by atoms with Gasteiger partial charge in [-0.15, -0.1) is 11.3 Å². The quantitative estimate of drug-likeness (QED) is 0.333. The van der Waals surface area contributed by atoms with Gasteiger partial charge in [-0.05, 0) is 76.2 Å². The Hall–Kier alpha value is -2.17. The van der Waals surface area contributed by atoms with E-state index in [1.807, 2.05) is 30.3 Å². The highest BCUT2D eigenvalue weighted by Crippen LogP contribution is 2.41. The molecule has 3 N–H and O–H groups in total. The molecule has 0 radical (unpaired) electrons. The Kier molecular flexibility index (Phi) is 7.25. The van der Waals surface area contributed by atoms with Crippen molar-refractivity contribution in [2.75, 3.05) is 18.4 Å². The molecule has 6 nitrogen and oxygen atoms in total. The minimum absolute atomic E-state index is 0.147. The van der Waals surface area contributed by atoms with Crippen LogP contribution in [0, 0.1) is 8.99 Å². The predicted octanol–water partition coefficient (Wildman–Crippen LogP) is 5.43. The average Bonchev–Trinajstić information content (AvgIpc) is 3.06. The number of hydrogen-bond acceptors (Lipinski definition) is 5. The molecule has 0 unspecified atom stereocenters. The standard InChI is InChI=1S/C24H24ClIN4O2S/c1-24(2)11-16-19(21(31)28-9-7-14-4-3-8-27-12-14)23(33-20(16)22(32)29-13-24)30-18-6-5-15(26)10-17(18)25/h3-6,8,10,12,30H,7,9,11,13H2,1-2H3,(H,28,31)(H,29,32). The minimum Gasteiger partial charge on any atom is -0.352 e. The van der Waals surface area contributed by atoms with Crippen LogP contribution in [-0.2, 0) is 12.8 Å². The Morgan fingerprint density at radius 2 is 2.15 bits per heavy atom. The second-order valence-electron chi connectivity index (χ2n) is 8.75. The molecular formula is C24H24ClIN4O2S. The van der Waals surface area contributed by atoms with E-state index in [0.717, 1.165) is 14.7 Å². The fourth-order valence-corrected chi connectivity index (χ4v) is 5.80. The number of carbonyl (C=O) groups is 2. The molecule has 1 aromatic carbocycles. The largest absolute Gasteiger partial charge is 0.352 e. The number of anilines is 2. The maximum atomic E-state index is 13.4. The van der Waals surface area contributed by atoms with Gasteiger partial charge in [-0.25, -0.2) is 0 Å². The predicted molar refractivity (Wildman–Crippen MR) is 142 cm³/mol. The normalized spacial score (nSPS) is 14.7. The summed E-state index contributed by atoms with van der Waals surface area (Å²) < 4.78 is 1.01. The van der Waals surface area contributed by atoms with Crippen LogP contribution < -0.4 is 16.0 Å². The summed E-state index contributed by atoms with van der Waals surface area (Å²) in [6.07, 6.45) is 4.80. The van der Waals surface area contributed by atoms with E-state index in [4.69, 9.17) is 11.6 Å². The van der Waals surface area contributed by atoms with E-state index in [0.29, 0.717) is 52.1 Å². The number of nitrogens with zero attached hydrogens (tertiary/aromatic N) is 1. The fraction of sp³-hybridized carbons (Fsp3) is 0.292. The van der Waals surface area contributed by atoms with Crippen LogP contribution in [0.1, 0.15) is 45.0 Å². The van der Waals surface area contributed by atoms with Crippen molar-refractivity contribution in [3.05, 3.63) is 72.9 Å². The van der Waals surface area contributed by atoms with Crippen LogP contribution in [0.15, 0.2) is 42.7 Å². The van der Waals surface area contributed by atoms with Crippen LogP contribution in [0.25, 0.3) is 0 Å². The molecular weight excluding hydrogens is 571 g/mol. The Labute approximate surface area is 215 Å². The third-order valence-corrected chi connectivity index (χ3v) is 7.55. The van der Waals surface area contributed by atoms with E-state index in [-0.39, 0.29) is 17.2 Å². The highest BCUT2D eigenvalue weighted by molar-refractivity contribution is 14.1. The maximum Gasteiger partial charge on any atom is 0.261 e. The molecule has 0 aliphatic carbocycles. The third kappa shape index (κ3) is 5.67. The molecule has 9 heteroatoms. The van der Waals surface area contributed by atoms with Crippen LogP contribution in [0.2, 0.25) is 5.02 Å². The number of amides is 2. The molecule has 0 fully saturated rings. The number of thiophene rings is 1. The van der Waals surface area contributed by atoms with E-state index >= 15 is 0 Å². The topological polar surface area (TPSA) is 83.1 Å². The van der Waals surface area contributed by atoms with Crippen LogP contribution in [0.3, 0.4) is 0 Å². The maximum absolute atomic E-state index is 13.4. The van der Waals surface area contributed by atoms with Gasteiger partial charge in [-0.2, -0.15) is 0 Å². The number of halogens is 2. The van der Waals surface area contributed by atoms with Crippen LogP contribution in [0.5, 0.6) is 0 Å². The van der Waals surface area contributed by atoms with Crippen molar-refractivity contribution < 1.29 is 9.59 Å². The van der Waals surface area contributed by atoms with Crippen molar-refractivity contribution in [1.29, 1.82) is 0 Å². The number of carbonyl (C=O) groups excluding carboxylic acids is 2. The minimum atomic E-state index is -0.203. The van der Waals surface area contributed by atoms with Gasteiger partial charge in [0.2, 0.25) is 0 Å². The molecule has 1 aliphatic heterocycles. The first-order valence-corrected chi connectivity index (χ1v) is 12.8. The number of nitrogens with one attached hydrogen (secondary N) is 3. The molecule has 0 atom stereocenters. The molecule has 0 saturated carbocycles. The number of hydrogen-bond donors (Lipinski definition) is 3. The van der Waals surface area contributed by atoms with E-state index in [1.54, 1.807) is 12.4 Å². The molecule has 2 aromatic heterocycles. The Morgan fingerprint density at radius 1 is 1.33 bits per heavy atom. The van der Waals surface area contributed by atoms with Crippen LogP contribution >= 0.6 is 45.5 Å². The first kappa shape index (κ1) is 24.0. The number of pyridine rings is 1. The smallest absolute Gasteiger partial charge is 0.261 e. The molecule has 4 rings (SSSR count). The second kappa shape index (κ2) is 9.99. The monoisotopic (exact) mass is 594 g/mol. The van der Waals surface area contributed by atoms with Gasteiger partial charge in [0.25, 0.3) is 11.8 Å². The third-order valence-electron chi connectivity index (χ3n) is 5.42. The summed E-state index contributed by atoms with van der Waals surface area (Å²) in [4.78, 5) is 31.0. The Bertz CT molecular complexity index is 1200. The summed E-state index contributed by atoms with van der Waals surface area (Å²) >= 11 is 9.94. The molecule has 0 saturated heterocycles. The summed E-state index contributed by atoms with van der Waals surface area (Å²) in [5.41, 5.74) is 2.86. The van der Waals surface area contributed by atoms with Gasteiger partial charge in [-0.1, -0.05) is 31.5 Å². The van der Waals surface area contributed by atoms with Crippen molar-refractivity contribution in [2.45, 2.75) is 26.7 Å². The molecule has 1 aliphatic rings. The fourth-order valence-electron chi connectivity index (χ4n) is 3.75. The first-order valence-electron chi connectivity index (χ1n) is 10.6. The summed E-state index contributed by atoms with van der Waals surface area (Å²) in [6.45, 7) is 5.20. The van der Waals surface area contributed by atoms with Crippen molar-refractivity contribution in [1.82, 2.24) is 15.6 Å². The van der Waals surface area contributed by atoms with Crippen LogP contribution in [-0.4, -0.2) is 29.9 Å². The second-order valence-corrected chi connectivity index (χ2v) is 11.4. The Balaban J connectivity index is 1.67. The van der Waals surface area contributed by atoms with E-state index < -0.39 is 0 Å². The Morgan fingerprint density at radius 3 is 2.88 bits per heavy atom. The molecule has 0 bridgehead atoms. The van der Waals surface area contributed by atoms with E-state index in [9.17, 15) is 9.59 Å². The zero-order valence-corrected chi connectivity index (χ0v) is 22.0. The zero-order chi connectivity index (χ0) is 23.6. The number of rotatable bonds is 6. The van der Waals surface area contributed by atoms with Crippen molar-refractivity contribution in [2.24, 2.45) is 5.41 Å². The van der Waals surface area contributed by atoms with Gasteiger partial charge in [0.05, 0.1) is 21.2 Å². The highest BCUT2D eigenvalue weighted by atomic mass is 127. The molecule has 3 aromatic rings. The van der Waals surface area contributed by atoms with Gasteiger partial charge in [0.1, 0.15) is 5.00 Å². The van der Waals surface area contributed by atoms with Crippen molar-refractivity contribution in [3.8, 4) is 0 Å². The summed E-state index contributed by atoms with van der Waals surface area (Å²) in [5.74, 6) is -0.349. The lowest BCUT2D eigenvalue weighted by atomic mass is 9.85. The van der Waals surface area contributed by atoms with Gasteiger partial charge in [-0.3, -0.25) is 14.6 Å². The number of benzene rings is 1. The number of aromatic nitrogens is 1. The first-order chi connectivity index (χ1) is 15.7. The SMILES string of the molecule is CC1(C)CNC(=O)c2sc(Nc3ccc(I)cc3Cl)c(C(=O)NCCc3cccnc3)c2C1. The van der Waals surface area contributed by atoms with Crippen LogP contribution in [0.4, 0.5) is 10.7 Å². The summed E-state index contributed by atoms with van der Waals surface area (Å²) in [5, 5.41) is 10.5. The summed E-state index contributed by atoms with van der Waals surface area (Å²) in [7, 11) is 0. The highest BCUT2D eigenvalue weighted by Gasteiger charge is 2.34. The average molecular weight is 595 g/mol. The lowest BCUT2D eigenvalue weighted by molar-refractivity contribution is 0.0945. The molecule has 2 amide bonds. The van der Waals surface area contributed by atoms with Gasteiger partial charge in [0.15, 0.2) is 0 Å². The van der Waals surface area contributed by atoms with Gasteiger partial charge < -0.3 is 16.0 Å².